The molecule has 0 aliphatic rings. The summed E-state index contributed by atoms with van der Waals surface area (Å²) in [4.78, 5) is 10.9. The van der Waals surface area contributed by atoms with E-state index in [1.807, 2.05) is 0 Å². The zero-order valence-electron chi connectivity index (χ0n) is 7.09. The molecule has 0 saturated heterocycles. The molecule has 1 heterocycles. The number of nitrogens with one attached hydrogen (secondary N) is 1. The summed E-state index contributed by atoms with van der Waals surface area (Å²) in [5.74, 6) is 0.164. The van der Waals surface area contributed by atoms with Crippen LogP contribution in [-0.4, -0.2) is 13.0 Å². The molecule has 66 valence electrons. The highest BCUT2D eigenvalue weighted by molar-refractivity contribution is 5.74. The van der Waals surface area contributed by atoms with Crippen LogP contribution < -0.4 is 10.1 Å². The fourth-order valence-corrected chi connectivity index (χ4v) is 0.741. The van der Waals surface area contributed by atoms with E-state index in [2.05, 4.69) is 5.32 Å². The highest BCUT2D eigenvalue weighted by atomic mass is 16.5. The van der Waals surface area contributed by atoms with Gasteiger partial charge in [-0.15, -0.1) is 0 Å². The van der Waals surface area contributed by atoms with E-state index in [4.69, 9.17) is 9.15 Å². The lowest BCUT2D eigenvalue weighted by Gasteiger charge is -2.01. The minimum atomic E-state index is -0.270. The van der Waals surface area contributed by atoms with Crippen LogP contribution in [0.15, 0.2) is 16.9 Å². The molecule has 0 amide bonds. The van der Waals surface area contributed by atoms with Crippen LogP contribution in [0.25, 0.3) is 0 Å². The van der Waals surface area contributed by atoms with Gasteiger partial charge in [0.15, 0.2) is 5.75 Å². The number of carbonyl (C=O) groups excluding carboxylic acids is 1. The van der Waals surface area contributed by atoms with Crippen molar-refractivity contribution in [2.24, 2.45) is 0 Å². The Labute approximate surface area is 70.5 Å². The minimum absolute atomic E-state index is 0.270. The Morgan fingerprint density at radius 3 is 3.00 bits per heavy atom. The number of esters is 1. The van der Waals surface area contributed by atoms with Gasteiger partial charge >= 0.3 is 5.97 Å². The second-order valence-electron chi connectivity index (χ2n) is 2.23. The molecule has 1 rings (SSSR count). The van der Waals surface area contributed by atoms with E-state index in [1.165, 1.54) is 12.5 Å². The lowest BCUT2D eigenvalue weighted by molar-refractivity contribution is -0.134. The second-order valence-corrected chi connectivity index (χ2v) is 2.23. The van der Waals surface area contributed by atoms with Crippen molar-refractivity contribution in [3.8, 4) is 5.75 Å². The van der Waals surface area contributed by atoms with Gasteiger partial charge in [-0.25, -0.2) is 0 Å². The fraction of sp³-hybridized carbons (Fsp3) is 0.375. The number of ether oxygens (including phenoxy) is 1. The Morgan fingerprint density at radius 2 is 2.42 bits per heavy atom. The van der Waals surface area contributed by atoms with Crippen LogP contribution in [-0.2, 0) is 4.79 Å². The van der Waals surface area contributed by atoms with Crippen LogP contribution in [0.1, 0.15) is 13.3 Å². The minimum Gasteiger partial charge on any atom is -0.466 e. The first-order valence-corrected chi connectivity index (χ1v) is 3.72. The maximum absolute atomic E-state index is 10.9. The van der Waals surface area contributed by atoms with Crippen LogP contribution in [0, 0.1) is 0 Å². The smallest absolute Gasteiger partial charge is 0.311 e. The van der Waals surface area contributed by atoms with Gasteiger partial charge in [-0.3, -0.25) is 4.79 Å². The van der Waals surface area contributed by atoms with Gasteiger partial charge in [0.25, 0.3) is 0 Å². The first kappa shape index (κ1) is 8.64. The Morgan fingerprint density at radius 1 is 1.67 bits per heavy atom. The predicted octanol–water partition coefficient (Wildman–Crippen LogP) is 1.64. The van der Waals surface area contributed by atoms with Gasteiger partial charge in [0.05, 0.1) is 0 Å². The first-order chi connectivity index (χ1) is 5.77. The molecule has 0 aliphatic carbocycles. The number of carbonyl (C=O) groups is 1. The third kappa shape index (κ3) is 1.78. The van der Waals surface area contributed by atoms with Crippen molar-refractivity contribution in [1.82, 2.24) is 0 Å². The Hall–Kier alpha value is -1.45. The molecule has 0 radical (unpaired) electrons. The van der Waals surface area contributed by atoms with Gasteiger partial charge in [-0.1, -0.05) is 6.92 Å². The van der Waals surface area contributed by atoms with Crippen LogP contribution >= 0.6 is 0 Å². The molecular weight excluding hydrogens is 158 g/mol. The first-order valence-electron chi connectivity index (χ1n) is 3.72. The summed E-state index contributed by atoms with van der Waals surface area (Å²) in [6.07, 6.45) is 3.23. The largest absolute Gasteiger partial charge is 0.466 e. The molecule has 4 nitrogen and oxygen atoms in total. The van der Waals surface area contributed by atoms with E-state index in [0.29, 0.717) is 17.9 Å². The monoisotopic (exact) mass is 169 g/mol. The van der Waals surface area contributed by atoms with Crippen LogP contribution in [0.5, 0.6) is 5.75 Å². The van der Waals surface area contributed by atoms with Crippen molar-refractivity contribution in [1.29, 1.82) is 0 Å². The van der Waals surface area contributed by atoms with Crippen molar-refractivity contribution in [2.75, 3.05) is 12.4 Å². The molecule has 0 aliphatic heterocycles. The highest BCUT2D eigenvalue weighted by Crippen LogP contribution is 2.24. The van der Waals surface area contributed by atoms with E-state index >= 15 is 0 Å². The van der Waals surface area contributed by atoms with Gasteiger partial charge in [-0.05, 0) is 0 Å². The maximum Gasteiger partial charge on any atom is 0.311 e. The van der Waals surface area contributed by atoms with Crippen LogP contribution in [0.2, 0.25) is 0 Å². The van der Waals surface area contributed by atoms with E-state index in [-0.39, 0.29) is 5.97 Å². The molecule has 12 heavy (non-hydrogen) atoms. The van der Waals surface area contributed by atoms with Crippen molar-refractivity contribution in [3.05, 3.63) is 12.5 Å². The number of hydrogen-bond donors (Lipinski definition) is 1. The maximum atomic E-state index is 10.9. The average Bonchev–Trinajstić information content (AvgIpc) is 2.51. The number of hydrogen-bond acceptors (Lipinski definition) is 4. The van der Waals surface area contributed by atoms with E-state index in [1.54, 1.807) is 14.0 Å². The average molecular weight is 169 g/mol. The van der Waals surface area contributed by atoms with Gasteiger partial charge < -0.3 is 14.5 Å². The molecule has 0 atom stereocenters. The van der Waals surface area contributed by atoms with Crippen LogP contribution in [0.4, 0.5) is 5.69 Å². The Kier molecular flexibility index (Phi) is 2.74. The van der Waals surface area contributed by atoms with Gasteiger partial charge in [0, 0.05) is 13.5 Å². The summed E-state index contributed by atoms with van der Waals surface area (Å²) in [5, 5.41) is 2.83. The standard InChI is InChI=1S/C8H11NO3/c1-3-8(10)12-7-5-11-4-6(7)9-2/h4-5,9H,3H2,1-2H3. The molecule has 1 aromatic rings. The Balaban J connectivity index is 2.68. The zero-order valence-corrected chi connectivity index (χ0v) is 7.09. The quantitative estimate of drug-likeness (QED) is 0.699. The molecule has 0 fully saturated rings. The zero-order chi connectivity index (χ0) is 8.97. The highest BCUT2D eigenvalue weighted by Gasteiger charge is 2.08. The van der Waals surface area contributed by atoms with Gasteiger partial charge in [0.1, 0.15) is 18.2 Å². The van der Waals surface area contributed by atoms with Gasteiger partial charge in [0.2, 0.25) is 0 Å². The Bertz CT molecular complexity index is 267. The van der Waals surface area contributed by atoms with Crippen molar-refractivity contribution >= 4 is 11.7 Å². The summed E-state index contributed by atoms with van der Waals surface area (Å²) in [5.41, 5.74) is 0.678. The van der Waals surface area contributed by atoms with Crippen molar-refractivity contribution in [3.63, 3.8) is 0 Å². The third-order valence-electron chi connectivity index (χ3n) is 1.41. The van der Waals surface area contributed by atoms with Crippen molar-refractivity contribution < 1.29 is 13.9 Å². The van der Waals surface area contributed by atoms with E-state index in [9.17, 15) is 4.79 Å². The summed E-state index contributed by atoms with van der Waals surface area (Å²) in [6.45, 7) is 1.74. The topological polar surface area (TPSA) is 51.5 Å². The predicted molar refractivity (Wildman–Crippen MR) is 44.2 cm³/mol. The summed E-state index contributed by atoms with van der Waals surface area (Å²) in [6, 6.07) is 0. The number of anilines is 1. The molecule has 0 unspecified atom stereocenters. The molecule has 0 aromatic carbocycles. The molecule has 4 heteroatoms. The normalized spacial score (nSPS) is 9.50. The summed E-state index contributed by atoms with van der Waals surface area (Å²) < 4.78 is 9.77. The summed E-state index contributed by atoms with van der Waals surface area (Å²) >= 11 is 0. The lowest BCUT2D eigenvalue weighted by atomic mass is 10.4. The molecule has 0 bridgehead atoms. The molecule has 0 saturated carbocycles. The lowest BCUT2D eigenvalue weighted by Crippen LogP contribution is -2.05. The molecular formula is C8H11NO3. The van der Waals surface area contributed by atoms with Crippen molar-refractivity contribution in [2.45, 2.75) is 13.3 Å². The van der Waals surface area contributed by atoms with E-state index < -0.39 is 0 Å². The third-order valence-corrected chi connectivity index (χ3v) is 1.41. The number of furan rings is 1. The molecule has 0 spiro atoms. The second kappa shape index (κ2) is 3.80. The SMILES string of the molecule is CCC(=O)Oc1cocc1NC. The number of rotatable bonds is 3. The fourth-order valence-electron chi connectivity index (χ4n) is 0.741. The summed E-state index contributed by atoms with van der Waals surface area (Å²) in [7, 11) is 1.73. The van der Waals surface area contributed by atoms with E-state index in [0.717, 1.165) is 0 Å². The molecule has 1 N–H and O–H groups in total. The molecule has 1 aromatic heterocycles. The van der Waals surface area contributed by atoms with Crippen LogP contribution in [0.3, 0.4) is 0 Å². The van der Waals surface area contributed by atoms with Gasteiger partial charge in [-0.2, -0.15) is 0 Å².